The Bertz CT molecular complexity index is 115. The normalized spacial score (nSPS) is 13.7. The average molecular weight is 149 g/mol. The first-order chi connectivity index (χ1) is 3.56. The summed E-state index contributed by atoms with van der Waals surface area (Å²) in [4.78, 5) is 0. The van der Waals surface area contributed by atoms with E-state index in [0.717, 1.165) is 0 Å². The molecule has 6 heavy (non-hydrogen) atoms. The lowest BCUT2D eigenvalue weighted by molar-refractivity contribution is 1.28. The average Bonchev–Trinajstić information content (AvgIpc) is 1.59. The molecule has 0 saturated heterocycles. The molecule has 0 aliphatic heterocycles. The zero-order valence-electron chi connectivity index (χ0n) is 5.59. The van der Waals surface area contributed by atoms with Crippen LogP contribution in [0.2, 0.25) is 0 Å². The summed E-state index contributed by atoms with van der Waals surface area (Å²) < 4.78 is 13.7. The van der Waals surface area contributed by atoms with Crippen LogP contribution in [0.15, 0.2) is 0 Å². The van der Waals surface area contributed by atoms with Crippen molar-refractivity contribution in [3.05, 3.63) is 0 Å². The van der Waals surface area contributed by atoms with Crippen LogP contribution in [0.4, 0.5) is 0 Å². The summed E-state index contributed by atoms with van der Waals surface area (Å²) in [5.74, 6) is 4.99. The standard InChI is InChI=1S/C5H7Br/c1-2-3-4-5-6/h2,5H2,1H3/i5D2. The third-order valence-electron chi connectivity index (χ3n) is 0.312. The third-order valence-corrected chi connectivity index (χ3v) is 0.511. The largest absolute Gasteiger partial charge is 0.103 e. The van der Waals surface area contributed by atoms with Gasteiger partial charge in [0.05, 0.1) is 8.02 Å². The van der Waals surface area contributed by atoms with Crippen molar-refractivity contribution < 1.29 is 2.74 Å². The first kappa shape index (κ1) is 3.10. The second kappa shape index (κ2) is 5.04. The molecule has 34 valence electrons. The summed E-state index contributed by atoms with van der Waals surface area (Å²) in [7, 11) is 0. The van der Waals surface area contributed by atoms with Gasteiger partial charge in [-0.15, -0.1) is 5.92 Å². The van der Waals surface area contributed by atoms with Gasteiger partial charge in [-0.05, 0) is 0 Å². The van der Waals surface area contributed by atoms with Gasteiger partial charge in [0.15, 0.2) is 0 Å². The molecule has 0 fully saturated rings. The van der Waals surface area contributed by atoms with Crippen LogP contribution in [0.25, 0.3) is 0 Å². The first-order valence-electron chi connectivity index (χ1n) is 2.75. The van der Waals surface area contributed by atoms with Gasteiger partial charge in [0.1, 0.15) is 0 Å². The molecule has 0 bridgehead atoms. The van der Waals surface area contributed by atoms with E-state index in [-0.39, 0.29) is 0 Å². The number of halogens is 1. The van der Waals surface area contributed by atoms with Gasteiger partial charge in [-0.3, -0.25) is 0 Å². The minimum Gasteiger partial charge on any atom is -0.103 e. The van der Waals surface area contributed by atoms with Crippen molar-refractivity contribution in [2.24, 2.45) is 0 Å². The van der Waals surface area contributed by atoms with Crippen molar-refractivity contribution in [3.63, 3.8) is 0 Å². The highest BCUT2D eigenvalue weighted by atomic mass is 79.9. The Morgan fingerprint density at radius 1 is 1.83 bits per heavy atom. The molecule has 0 unspecified atom stereocenters. The van der Waals surface area contributed by atoms with Crippen molar-refractivity contribution in [2.75, 3.05) is 5.28 Å². The minimum absolute atomic E-state index is 0.700. The van der Waals surface area contributed by atoms with E-state index in [4.69, 9.17) is 2.74 Å². The van der Waals surface area contributed by atoms with Gasteiger partial charge in [0.2, 0.25) is 0 Å². The van der Waals surface area contributed by atoms with Gasteiger partial charge >= 0.3 is 0 Å². The van der Waals surface area contributed by atoms with Crippen LogP contribution in [0.3, 0.4) is 0 Å². The van der Waals surface area contributed by atoms with E-state index in [9.17, 15) is 0 Å². The Kier molecular flexibility index (Phi) is 2.60. The maximum atomic E-state index is 6.84. The SMILES string of the molecule is [2H]C([2H])(Br)C#CCC. The lowest BCUT2D eigenvalue weighted by Gasteiger charge is -1.64. The maximum absolute atomic E-state index is 6.84. The Hall–Kier alpha value is 0.0400. The molecule has 0 radical (unpaired) electrons. The highest BCUT2D eigenvalue weighted by Crippen LogP contribution is 1.73. The number of hydrogen-bond acceptors (Lipinski definition) is 0. The summed E-state index contributed by atoms with van der Waals surface area (Å²) >= 11 is 2.74. The number of alkyl halides is 1. The molecule has 0 spiro atoms. The van der Waals surface area contributed by atoms with E-state index in [1.807, 2.05) is 6.92 Å². The van der Waals surface area contributed by atoms with E-state index >= 15 is 0 Å². The highest BCUT2D eigenvalue weighted by Gasteiger charge is 1.57. The lowest BCUT2D eigenvalue weighted by Crippen LogP contribution is -1.56. The molecule has 0 atom stereocenters. The second-order valence-corrected chi connectivity index (χ2v) is 1.15. The van der Waals surface area contributed by atoms with Crippen LogP contribution in [-0.4, -0.2) is 5.28 Å². The smallest absolute Gasteiger partial charge is 0.0645 e. The zero-order chi connectivity index (χ0) is 6.62. The number of hydrogen-bond donors (Lipinski definition) is 0. The minimum atomic E-state index is -1.50. The molecule has 0 N–H and O–H groups in total. The summed E-state index contributed by atoms with van der Waals surface area (Å²) in [5, 5.41) is -1.50. The fourth-order valence-corrected chi connectivity index (χ4v) is 0.262. The van der Waals surface area contributed by atoms with Gasteiger partial charge in [-0.1, -0.05) is 28.8 Å². The monoisotopic (exact) mass is 148 g/mol. The summed E-state index contributed by atoms with van der Waals surface area (Å²) in [6, 6.07) is 0. The van der Waals surface area contributed by atoms with Crippen LogP contribution in [0.5, 0.6) is 0 Å². The molecular weight excluding hydrogens is 140 g/mol. The van der Waals surface area contributed by atoms with Crippen molar-refractivity contribution in [1.82, 2.24) is 0 Å². The summed E-state index contributed by atoms with van der Waals surface area (Å²) in [6.45, 7) is 1.88. The predicted octanol–water partition coefficient (Wildman–Crippen LogP) is 1.79. The topological polar surface area (TPSA) is 0 Å². The summed E-state index contributed by atoms with van der Waals surface area (Å²) in [6.07, 6.45) is 0.700. The Morgan fingerprint density at radius 2 is 2.50 bits per heavy atom. The van der Waals surface area contributed by atoms with Crippen molar-refractivity contribution in [1.29, 1.82) is 0 Å². The molecule has 0 heterocycles. The van der Waals surface area contributed by atoms with Crippen LogP contribution in [0, 0.1) is 11.8 Å². The van der Waals surface area contributed by atoms with Gasteiger partial charge in [-0.25, -0.2) is 0 Å². The van der Waals surface area contributed by atoms with E-state index in [0.29, 0.717) is 6.42 Å². The van der Waals surface area contributed by atoms with Gasteiger partial charge in [0, 0.05) is 6.42 Å². The lowest BCUT2D eigenvalue weighted by atomic mass is 10.5. The van der Waals surface area contributed by atoms with E-state index in [1.165, 1.54) is 0 Å². The van der Waals surface area contributed by atoms with Crippen molar-refractivity contribution in [3.8, 4) is 11.8 Å². The zero-order valence-corrected chi connectivity index (χ0v) is 5.17. The highest BCUT2D eigenvalue weighted by molar-refractivity contribution is 9.09. The van der Waals surface area contributed by atoms with E-state index in [2.05, 4.69) is 27.8 Å². The van der Waals surface area contributed by atoms with Crippen LogP contribution in [0.1, 0.15) is 16.1 Å². The van der Waals surface area contributed by atoms with Crippen molar-refractivity contribution in [2.45, 2.75) is 13.3 Å². The Morgan fingerprint density at radius 3 is 2.67 bits per heavy atom. The van der Waals surface area contributed by atoms with Gasteiger partial charge in [0.25, 0.3) is 0 Å². The molecule has 0 aliphatic rings. The molecule has 0 saturated carbocycles. The molecule has 1 heteroatoms. The third kappa shape index (κ3) is 4.04. The van der Waals surface area contributed by atoms with Gasteiger partial charge in [-0.2, -0.15) is 0 Å². The van der Waals surface area contributed by atoms with Crippen LogP contribution < -0.4 is 0 Å². The van der Waals surface area contributed by atoms with Crippen LogP contribution >= 0.6 is 15.9 Å². The second-order valence-electron chi connectivity index (χ2n) is 0.750. The molecular formula is C5H7Br. The maximum Gasteiger partial charge on any atom is 0.0645 e. The molecule has 0 aromatic carbocycles. The summed E-state index contributed by atoms with van der Waals surface area (Å²) in [5.41, 5.74) is 0. The van der Waals surface area contributed by atoms with E-state index in [1.54, 1.807) is 0 Å². The van der Waals surface area contributed by atoms with Crippen LogP contribution in [-0.2, 0) is 0 Å². The first-order valence-corrected chi connectivity index (χ1v) is 2.54. The molecule has 0 nitrogen and oxygen atoms in total. The fraction of sp³-hybridized carbons (Fsp3) is 0.600. The molecule has 0 aromatic heterocycles. The Labute approximate surface area is 49.9 Å². The fourth-order valence-electron chi connectivity index (χ4n) is 0.122. The van der Waals surface area contributed by atoms with Crippen molar-refractivity contribution >= 4 is 15.9 Å². The predicted molar refractivity (Wildman–Crippen MR) is 31.9 cm³/mol. The molecule has 0 aliphatic carbocycles. The Balaban J connectivity index is 3.69. The molecule has 0 amide bonds. The van der Waals surface area contributed by atoms with Gasteiger partial charge < -0.3 is 0 Å². The molecule has 0 aromatic rings. The number of rotatable bonds is 0. The quantitative estimate of drug-likeness (QED) is 0.364. The van der Waals surface area contributed by atoms with E-state index < -0.39 is 5.28 Å². The molecule has 0 rings (SSSR count).